The lowest BCUT2D eigenvalue weighted by atomic mass is 9.92. The van der Waals surface area contributed by atoms with Crippen LogP contribution >= 0.6 is 0 Å². The van der Waals surface area contributed by atoms with Gasteiger partial charge in [0.25, 0.3) is 11.9 Å². The molecule has 0 aliphatic carbocycles. The Kier molecular flexibility index (Phi) is 6.40. The number of halogens is 3. The predicted molar refractivity (Wildman–Crippen MR) is 108 cm³/mol. The van der Waals surface area contributed by atoms with Crippen molar-refractivity contribution in [3.63, 3.8) is 0 Å². The Morgan fingerprint density at radius 3 is 2.32 bits per heavy atom. The van der Waals surface area contributed by atoms with Gasteiger partial charge < -0.3 is 10.1 Å². The fourth-order valence-electron chi connectivity index (χ4n) is 2.62. The van der Waals surface area contributed by atoms with Crippen molar-refractivity contribution >= 4 is 11.7 Å². The zero-order chi connectivity index (χ0) is 22.6. The van der Waals surface area contributed by atoms with Crippen LogP contribution in [0.1, 0.15) is 42.4 Å². The topological polar surface area (TPSA) is 81.9 Å². The second kappa shape index (κ2) is 8.84. The highest BCUT2D eigenvalue weighted by Crippen LogP contribution is 2.25. The van der Waals surface area contributed by atoms with E-state index in [0.717, 1.165) is 5.69 Å². The normalized spacial score (nSPS) is 12.1. The molecule has 0 fully saturated rings. The summed E-state index contributed by atoms with van der Waals surface area (Å²) in [7, 11) is 0. The molecule has 10 heteroatoms. The van der Waals surface area contributed by atoms with Gasteiger partial charge >= 0.3 is 6.18 Å². The van der Waals surface area contributed by atoms with E-state index in [1.165, 1.54) is 16.8 Å². The van der Waals surface area contributed by atoms with E-state index in [-0.39, 0.29) is 12.0 Å². The minimum absolute atomic E-state index is 0.200. The van der Waals surface area contributed by atoms with Gasteiger partial charge in [0.05, 0.1) is 12.3 Å². The summed E-state index contributed by atoms with van der Waals surface area (Å²) in [6, 6.07) is 9.56. The van der Waals surface area contributed by atoms with E-state index in [0.29, 0.717) is 22.9 Å². The Morgan fingerprint density at radius 1 is 1.10 bits per heavy atom. The van der Waals surface area contributed by atoms with Gasteiger partial charge in [-0.1, -0.05) is 32.9 Å². The zero-order valence-corrected chi connectivity index (χ0v) is 17.3. The molecule has 0 aliphatic heterocycles. The Hall–Kier alpha value is -3.27. The highest BCUT2D eigenvalue weighted by Gasteiger charge is 2.27. The van der Waals surface area contributed by atoms with Crippen LogP contribution in [0, 0.1) is 0 Å². The average molecular weight is 433 g/mol. The van der Waals surface area contributed by atoms with Crippen molar-refractivity contribution < 1.29 is 22.7 Å². The molecule has 0 radical (unpaired) electrons. The maximum Gasteiger partial charge on any atom is 0.411 e. The van der Waals surface area contributed by atoms with E-state index in [1.54, 1.807) is 36.7 Å². The molecule has 31 heavy (non-hydrogen) atoms. The molecule has 7 nitrogen and oxygen atoms in total. The van der Waals surface area contributed by atoms with Crippen LogP contribution in [0.15, 0.2) is 48.8 Å². The summed E-state index contributed by atoms with van der Waals surface area (Å²) in [5.41, 5.74) is 1.34. The first-order valence-corrected chi connectivity index (χ1v) is 9.46. The molecule has 0 spiro atoms. The predicted octanol–water partition coefficient (Wildman–Crippen LogP) is 4.29. The Morgan fingerprint density at radius 2 is 1.74 bits per heavy atom. The third kappa shape index (κ3) is 6.11. The third-order valence-electron chi connectivity index (χ3n) is 4.21. The second-order valence-electron chi connectivity index (χ2n) is 7.88. The number of carbonyl (C=O) groups is 1. The van der Waals surface area contributed by atoms with Crippen molar-refractivity contribution in [2.45, 2.75) is 39.0 Å². The summed E-state index contributed by atoms with van der Waals surface area (Å²) in [4.78, 5) is 21.1. The van der Waals surface area contributed by atoms with Gasteiger partial charge in [-0.05, 0) is 23.8 Å². The lowest BCUT2D eigenvalue weighted by Crippen LogP contribution is -2.17. The van der Waals surface area contributed by atoms with Gasteiger partial charge in [0.1, 0.15) is 12.4 Å². The van der Waals surface area contributed by atoms with Crippen molar-refractivity contribution in [3.8, 4) is 5.95 Å². The molecule has 0 aliphatic rings. The summed E-state index contributed by atoms with van der Waals surface area (Å²) >= 11 is 0. The number of nitrogens with one attached hydrogen (secondary N) is 1. The number of rotatable bonds is 6. The first-order chi connectivity index (χ1) is 14.5. The molecule has 3 rings (SSSR count). The maximum absolute atomic E-state index is 12.7. The number of amides is 1. The van der Waals surface area contributed by atoms with E-state index in [2.05, 4.69) is 25.1 Å². The molecular formula is C21H22F3N5O2. The summed E-state index contributed by atoms with van der Waals surface area (Å²) in [5.74, 6) is 0.310. The van der Waals surface area contributed by atoms with Crippen LogP contribution in [-0.2, 0) is 16.8 Å². The van der Waals surface area contributed by atoms with Crippen molar-refractivity contribution in [1.82, 2.24) is 19.7 Å². The van der Waals surface area contributed by atoms with E-state index in [1.807, 2.05) is 20.8 Å². The standard InChI is InChI=1S/C21H22F3N5O2/c1-20(2,3)16-11-17(29(28-16)19-25-9-4-10-26-19)27-18(30)15-7-5-14(6-8-15)12-31-13-21(22,23)24/h4-11H,12-13H2,1-3H3,(H,27,30). The smallest absolute Gasteiger partial charge is 0.367 e. The number of alkyl halides is 3. The molecule has 0 bridgehead atoms. The Balaban J connectivity index is 1.76. The van der Waals surface area contributed by atoms with Crippen LogP contribution in [0.3, 0.4) is 0 Å². The zero-order valence-electron chi connectivity index (χ0n) is 17.3. The minimum Gasteiger partial charge on any atom is -0.367 e. The van der Waals surface area contributed by atoms with Crippen molar-refractivity contribution in [3.05, 3.63) is 65.6 Å². The van der Waals surface area contributed by atoms with Gasteiger partial charge in [-0.25, -0.2) is 9.97 Å². The summed E-state index contributed by atoms with van der Waals surface area (Å²) in [5, 5.41) is 7.34. The number of ether oxygens (including phenoxy) is 1. The quantitative estimate of drug-likeness (QED) is 0.627. The second-order valence-corrected chi connectivity index (χ2v) is 7.88. The number of aromatic nitrogens is 4. The van der Waals surface area contributed by atoms with Crippen molar-refractivity contribution in [2.75, 3.05) is 11.9 Å². The molecule has 2 heterocycles. The first kappa shape index (κ1) is 22.4. The minimum atomic E-state index is -4.38. The van der Waals surface area contributed by atoms with Crippen LogP contribution in [-0.4, -0.2) is 38.4 Å². The van der Waals surface area contributed by atoms with Crippen LogP contribution in [0.4, 0.5) is 19.0 Å². The Labute approximate surface area is 177 Å². The van der Waals surface area contributed by atoms with Gasteiger partial charge in [0, 0.05) is 29.4 Å². The first-order valence-electron chi connectivity index (χ1n) is 9.46. The van der Waals surface area contributed by atoms with Crippen LogP contribution in [0.5, 0.6) is 0 Å². The molecule has 164 valence electrons. The summed E-state index contributed by atoms with van der Waals surface area (Å²) < 4.78 is 42.6. The monoisotopic (exact) mass is 433 g/mol. The lowest BCUT2D eigenvalue weighted by Gasteiger charge is -2.13. The molecule has 0 atom stereocenters. The average Bonchev–Trinajstić information content (AvgIpc) is 3.12. The Bertz CT molecular complexity index is 1030. The van der Waals surface area contributed by atoms with E-state index in [9.17, 15) is 18.0 Å². The molecule has 0 saturated heterocycles. The molecule has 0 saturated carbocycles. The SMILES string of the molecule is CC(C)(C)c1cc(NC(=O)c2ccc(COCC(F)(F)F)cc2)n(-c2ncccn2)n1. The number of carbonyl (C=O) groups excluding carboxylic acids is 1. The van der Waals surface area contributed by atoms with Gasteiger partial charge in [-0.2, -0.15) is 23.0 Å². The van der Waals surface area contributed by atoms with Crippen LogP contribution < -0.4 is 5.32 Å². The number of hydrogen-bond donors (Lipinski definition) is 1. The maximum atomic E-state index is 12.7. The molecule has 0 unspecified atom stereocenters. The van der Waals surface area contributed by atoms with Crippen molar-refractivity contribution in [1.29, 1.82) is 0 Å². The summed E-state index contributed by atoms with van der Waals surface area (Å²) in [6.45, 7) is 4.47. The van der Waals surface area contributed by atoms with E-state index in [4.69, 9.17) is 0 Å². The van der Waals surface area contributed by atoms with Crippen LogP contribution in [0.25, 0.3) is 5.95 Å². The molecular weight excluding hydrogens is 411 g/mol. The van der Waals surface area contributed by atoms with Crippen molar-refractivity contribution in [2.24, 2.45) is 0 Å². The van der Waals surface area contributed by atoms with Gasteiger partial charge in [0.2, 0.25) is 0 Å². The third-order valence-corrected chi connectivity index (χ3v) is 4.21. The number of hydrogen-bond acceptors (Lipinski definition) is 5. The molecule has 1 aromatic carbocycles. The van der Waals surface area contributed by atoms with Gasteiger partial charge in [0.15, 0.2) is 0 Å². The van der Waals surface area contributed by atoms with Gasteiger partial charge in [-0.3, -0.25) is 4.79 Å². The molecule has 1 N–H and O–H groups in total. The highest BCUT2D eigenvalue weighted by atomic mass is 19.4. The molecule has 2 aromatic heterocycles. The largest absolute Gasteiger partial charge is 0.411 e. The number of benzene rings is 1. The lowest BCUT2D eigenvalue weighted by molar-refractivity contribution is -0.176. The highest BCUT2D eigenvalue weighted by molar-refractivity contribution is 6.04. The van der Waals surface area contributed by atoms with Gasteiger partial charge in [-0.15, -0.1) is 0 Å². The fourth-order valence-corrected chi connectivity index (χ4v) is 2.62. The van der Waals surface area contributed by atoms with Crippen LogP contribution in [0.2, 0.25) is 0 Å². The molecule has 3 aromatic rings. The summed E-state index contributed by atoms with van der Waals surface area (Å²) in [6.07, 6.45) is -1.23. The van der Waals surface area contributed by atoms with E-state index < -0.39 is 18.7 Å². The fraction of sp³-hybridized carbons (Fsp3) is 0.333. The number of anilines is 1. The molecule has 1 amide bonds. The number of nitrogens with zero attached hydrogens (tertiary/aromatic N) is 4. The van der Waals surface area contributed by atoms with E-state index >= 15 is 0 Å².